The summed E-state index contributed by atoms with van der Waals surface area (Å²) in [6.07, 6.45) is 1.66. The Morgan fingerprint density at radius 1 is 1.35 bits per heavy atom. The van der Waals surface area contributed by atoms with Crippen molar-refractivity contribution in [2.24, 2.45) is 0 Å². The molecule has 1 amide bonds. The van der Waals surface area contributed by atoms with Gasteiger partial charge in [0.1, 0.15) is 6.54 Å². The van der Waals surface area contributed by atoms with Crippen LogP contribution in [0, 0.1) is 0 Å². The lowest BCUT2D eigenvalue weighted by molar-refractivity contribution is -0.137. The number of ether oxygens (including phenoxy) is 2. The van der Waals surface area contributed by atoms with Gasteiger partial charge in [0, 0.05) is 11.6 Å². The summed E-state index contributed by atoms with van der Waals surface area (Å²) >= 11 is 6.03. The largest absolute Gasteiger partial charge is 0.480 e. The minimum Gasteiger partial charge on any atom is -0.480 e. The molecule has 3 rings (SSSR count). The number of aliphatic carboxylic acids is 1. The summed E-state index contributed by atoms with van der Waals surface area (Å²) in [6, 6.07) is 3.02. The Balaban J connectivity index is 1.89. The lowest BCUT2D eigenvalue weighted by atomic mass is 10.1. The van der Waals surface area contributed by atoms with Gasteiger partial charge in [0.25, 0.3) is 5.91 Å². The molecule has 7 heteroatoms. The molecule has 0 unspecified atom stereocenters. The first-order valence-electron chi connectivity index (χ1n) is 6.18. The van der Waals surface area contributed by atoms with Gasteiger partial charge in [-0.25, -0.2) is 0 Å². The first-order chi connectivity index (χ1) is 9.56. The minimum absolute atomic E-state index is 0.00259. The molecule has 1 N–H and O–H groups in total. The van der Waals surface area contributed by atoms with E-state index in [4.69, 9.17) is 26.2 Å². The highest BCUT2D eigenvalue weighted by Crippen LogP contribution is 2.40. The third-order valence-electron chi connectivity index (χ3n) is 3.23. The van der Waals surface area contributed by atoms with E-state index in [1.54, 1.807) is 0 Å². The molecular weight excluding hydrogens is 286 g/mol. The van der Waals surface area contributed by atoms with E-state index >= 15 is 0 Å². The van der Waals surface area contributed by atoms with Crippen LogP contribution >= 0.6 is 11.6 Å². The number of hydrogen-bond donors (Lipinski definition) is 1. The molecule has 1 aliphatic heterocycles. The first-order valence-corrected chi connectivity index (χ1v) is 6.56. The normalized spacial score (nSPS) is 16.1. The summed E-state index contributed by atoms with van der Waals surface area (Å²) in [5, 5.41) is 9.19. The lowest BCUT2D eigenvalue weighted by Crippen LogP contribution is -2.37. The first kappa shape index (κ1) is 13.1. The molecule has 1 aromatic carbocycles. The summed E-state index contributed by atoms with van der Waals surface area (Å²) in [7, 11) is 0. The van der Waals surface area contributed by atoms with E-state index in [1.165, 1.54) is 17.0 Å². The van der Waals surface area contributed by atoms with Gasteiger partial charge in [0.05, 0.1) is 5.02 Å². The van der Waals surface area contributed by atoms with E-state index in [1.807, 2.05) is 0 Å². The van der Waals surface area contributed by atoms with Crippen LogP contribution in [-0.4, -0.2) is 41.3 Å². The Morgan fingerprint density at radius 2 is 2.10 bits per heavy atom. The number of benzene rings is 1. The fourth-order valence-corrected chi connectivity index (χ4v) is 2.42. The molecule has 0 saturated heterocycles. The van der Waals surface area contributed by atoms with Crippen LogP contribution in [-0.2, 0) is 4.79 Å². The fraction of sp³-hybridized carbons (Fsp3) is 0.385. The Morgan fingerprint density at radius 3 is 2.75 bits per heavy atom. The number of halogens is 1. The van der Waals surface area contributed by atoms with Crippen molar-refractivity contribution in [3.05, 3.63) is 22.7 Å². The van der Waals surface area contributed by atoms with Gasteiger partial charge >= 0.3 is 5.97 Å². The van der Waals surface area contributed by atoms with Crippen molar-refractivity contribution in [1.29, 1.82) is 0 Å². The highest BCUT2D eigenvalue weighted by molar-refractivity contribution is 6.32. The van der Waals surface area contributed by atoms with Gasteiger partial charge in [-0.15, -0.1) is 0 Å². The number of hydrogen-bond acceptors (Lipinski definition) is 4. The molecule has 2 aliphatic rings. The zero-order chi connectivity index (χ0) is 14.3. The SMILES string of the molecule is O=C(O)CN(C(=O)c1cc(Cl)c2c(c1)OCO2)C1CC1. The Kier molecular flexibility index (Phi) is 3.17. The summed E-state index contributed by atoms with van der Waals surface area (Å²) in [5.41, 5.74) is 0.312. The second-order valence-corrected chi connectivity index (χ2v) is 5.16. The maximum Gasteiger partial charge on any atom is 0.323 e. The summed E-state index contributed by atoms with van der Waals surface area (Å²) in [6.45, 7) is -0.246. The molecule has 20 heavy (non-hydrogen) atoms. The quantitative estimate of drug-likeness (QED) is 0.916. The topological polar surface area (TPSA) is 76.1 Å². The number of carbonyl (C=O) groups excluding carboxylic acids is 1. The molecule has 6 nitrogen and oxygen atoms in total. The molecular formula is C13H12ClNO5. The van der Waals surface area contributed by atoms with Gasteiger partial charge in [-0.3, -0.25) is 9.59 Å². The number of nitrogens with zero attached hydrogens (tertiary/aromatic N) is 1. The van der Waals surface area contributed by atoms with E-state index in [0.717, 1.165) is 12.8 Å². The number of carboxylic acids is 1. The summed E-state index contributed by atoms with van der Waals surface area (Å²) in [5.74, 6) is -0.557. The van der Waals surface area contributed by atoms with Crippen molar-refractivity contribution in [3.63, 3.8) is 0 Å². The maximum absolute atomic E-state index is 12.4. The Hall–Kier alpha value is -1.95. The van der Waals surface area contributed by atoms with Gasteiger partial charge in [-0.05, 0) is 25.0 Å². The van der Waals surface area contributed by atoms with Crippen LogP contribution in [0.1, 0.15) is 23.2 Å². The van der Waals surface area contributed by atoms with E-state index in [-0.39, 0.29) is 30.3 Å². The highest BCUT2D eigenvalue weighted by Gasteiger charge is 2.35. The summed E-state index contributed by atoms with van der Waals surface area (Å²) < 4.78 is 10.4. The van der Waals surface area contributed by atoms with Crippen LogP contribution in [0.3, 0.4) is 0 Å². The van der Waals surface area contributed by atoms with Crippen LogP contribution in [0.15, 0.2) is 12.1 Å². The minimum atomic E-state index is -1.03. The smallest absolute Gasteiger partial charge is 0.323 e. The molecule has 0 radical (unpaired) electrons. The van der Waals surface area contributed by atoms with E-state index in [0.29, 0.717) is 17.1 Å². The van der Waals surface area contributed by atoms with Gasteiger partial charge in [0.2, 0.25) is 6.79 Å². The highest BCUT2D eigenvalue weighted by atomic mass is 35.5. The van der Waals surface area contributed by atoms with E-state index in [9.17, 15) is 9.59 Å². The molecule has 1 aromatic rings. The predicted octanol–water partition coefficient (Wildman–Crippen LogP) is 1.76. The van der Waals surface area contributed by atoms with Gasteiger partial charge in [-0.2, -0.15) is 0 Å². The zero-order valence-electron chi connectivity index (χ0n) is 10.5. The fourth-order valence-electron chi connectivity index (χ4n) is 2.16. The van der Waals surface area contributed by atoms with Crippen LogP contribution in [0.2, 0.25) is 5.02 Å². The zero-order valence-corrected chi connectivity index (χ0v) is 11.2. The van der Waals surface area contributed by atoms with Crippen molar-refractivity contribution in [2.75, 3.05) is 13.3 Å². The molecule has 0 bridgehead atoms. The molecule has 1 heterocycles. The van der Waals surface area contributed by atoms with Crippen molar-refractivity contribution in [2.45, 2.75) is 18.9 Å². The second kappa shape index (κ2) is 4.86. The standard InChI is InChI=1S/C13H12ClNO5/c14-9-3-7(4-10-12(9)20-6-19-10)13(18)15(5-11(16)17)8-1-2-8/h3-4,8H,1-2,5-6H2,(H,16,17). The number of rotatable bonds is 4. The number of carbonyl (C=O) groups is 2. The Bertz CT molecular complexity index is 584. The van der Waals surface area contributed by atoms with Crippen molar-refractivity contribution >= 4 is 23.5 Å². The van der Waals surface area contributed by atoms with Crippen LogP contribution in [0.4, 0.5) is 0 Å². The Labute approximate surface area is 119 Å². The van der Waals surface area contributed by atoms with Gasteiger partial charge in [0.15, 0.2) is 11.5 Å². The number of carboxylic acid groups (broad SMARTS) is 1. The third kappa shape index (κ3) is 2.38. The van der Waals surface area contributed by atoms with Crippen LogP contribution in [0.5, 0.6) is 11.5 Å². The second-order valence-electron chi connectivity index (χ2n) is 4.75. The lowest BCUT2D eigenvalue weighted by Gasteiger charge is -2.20. The van der Waals surface area contributed by atoms with E-state index < -0.39 is 5.97 Å². The van der Waals surface area contributed by atoms with Gasteiger partial charge < -0.3 is 19.5 Å². The van der Waals surface area contributed by atoms with Gasteiger partial charge in [-0.1, -0.05) is 11.6 Å². The van der Waals surface area contributed by atoms with Crippen LogP contribution < -0.4 is 9.47 Å². The molecule has 0 atom stereocenters. The van der Waals surface area contributed by atoms with E-state index in [2.05, 4.69) is 0 Å². The average Bonchev–Trinajstić information content (AvgIpc) is 3.12. The van der Waals surface area contributed by atoms with Crippen molar-refractivity contribution in [3.8, 4) is 11.5 Å². The maximum atomic E-state index is 12.4. The molecule has 0 spiro atoms. The third-order valence-corrected chi connectivity index (χ3v) is 3.51. The molecule has 0 aromatic heterocycles. The number of amides is 1. The van der Waals surface area contributed by atoms with Crippen molar-refractivity contribution in [1.82, 2.24) is 4.90 Å². The number of fused-ring (bicyclic) bond motifs is 1. The predicted molar refractivity (Wildman–Crippen MR) is 69.3 cm³/mol. The molecule has 106 valence electrons. The van der Waals surface area contributed by atoms with Crippen molar-refractivity contribution < 1.29 is 24.2 Å². The molecule has 1 saturated carbocycles. The average molecular weight is 298 g/mol. The molecule has 1 fully saturated rings. The van der Waals surface area contributed by atoms with Crippen LogP contribution in [0.25, 0.3) is 0 Å². The monoisotopic (exact) mass is 297 g/mol. The summed E-state index contributed by atoms with van der Waals surface area (Å²) in [4.78, 5) is 24.6. The molecule has 1 aliphatic carbocycles.